The summed E-state index contributed by atoms with van der Waals surface area (Å²) in [6.45, 7) is 0. The second-order valence-corrected chi connectivity index (χ2v) is 9.78. The molecule has 6 rings (SSSR count). The molecule has 3 heteroatoms. The minimum Gasteiger partial charge on any atom is -0.388 e. The molecule has 0 amide bonds. The summed E-state index contributed by atoms with van der Waals surface area (Å²) in [5.41, 5.74) is 13.1. The van der Waals surface area contributed by atoms with Crippen molar-refractivity contribution in [1.82, 2.24) is 4.98 Å². The summed E-state index contributed by atoms with van der Waals surface area (Å²) in [5, 5.41) is 6.63. The van der Waals surface area contributed by atoms with Gasteiger partial charge >= 0.3 is 0 Å². The Kier molecular flexibility index (Phi) is 7.11. The van der Waals surface area contributed by atoms with E-state index in [1.165, 1.54) is 22.3 Å². The third kappa shape index (κ3) is 5.23. The van der Waals surface area contributed by atoms with E-state index in [2.05, 4.69) is 144 Å². The van der Waals surface area contributed by atoms with Crippen LogP contribution in [0.15, 0.2) is 140 Å². The van der Waals surface area contributed by atoms with Gasteiger partial charge in [-0.05, 0) is 81.9 Å². The molecule has 3 nitrogen and oxygen atoms in total. The summed E-state index contributed by atoms with van der Waals surface area (Å²) >= 11 is 0. The molecule has 0 saturated heterocycles. The Balaban J connectivity index is 1.60. The van der Waals surface area contributed by atoms with Crippen molar-refractivity contribution in [2.24, 2.45) is 0 Å². The molecule has 1 heterocycles. The molecule has 5 aromatic carbocycles. The van der Waals surface area contributed by atoms with Crippen molar-refractivity contribution < 1.29 is 0 Å². The maximum Gasteiger partial charge on any atom is 0.0737 e. The largest absolute Gasteiger partial charge is 0.388 e. The highest BCUT2D eigenvalue weighted by atomic mass is 14.9. The first kappa shape index (κ1) is 25.1. The van der Waals surface area contributed by atoms with Crippen molar-refractivity contribution >= 4 is 11.4 Å². The zero-order valence-corrected chi connectivity index (χ0v) is 22.7. The number of hydrogen-bond donors (Lipinski definition) is 2. The van der Waals surface area contributed by atoms with E-state index in [1.54, 1.807) is 0 Å². The lowest BCUT2D eigenvalue weighted by atomic mass is 9.92. The first-order valence-electron chi connectivity index (χ1n) is 13.6. The van der Waals surface area contributed by atoms with E-state index in [4.69, 9.17) is 4.98 Å². The predicted molar refractivity (Wildman–Crippen MR) is 171 cm³/mol. The number of nitrogens with zero attached hydrogens (tertiary/aromatic N) is 1. The number of nitrogens with one attached hydrogen (secondary N) is 2. The van der Waals surface area contributed by atoms with Crippen LogP contribution >= 0.6 is 0 Å². The summed E-state index contributed by atoms with van der Waals surface area (Å²) in [6, 6.07) is 49.2. The lowest BCUT2D eigenvalue weighted by molar-refractivity contribution is 1.32. The Labute approximate surface area is 236 Å². The van der Waals surface area contributed by atoms with Crippen molar-refractivity contribution in [2.45, 2.75) is 0 Å². The molecule has 0 fully saturated rings. The molecule has 6 aromatic rings. The Morgan fingerprint density at radius 1 is 0.400 bits per heavy atom. The molecule has 0 bridgehead atoms. The molecule has 0 unspecified atom stereocenters. The third-order valence-electron chi connectivity index (χ3n) is 7.23. The van der Waals surface area contributed by atoms with E-state index in [1.807, 2.05) is 20.2 Å². The third-order valence-corrected chi connectivity index (χ3v) is 7.23. The Morgan fingerprint density at radius 2 is 0.875 bits per heavy atom. The van der Waals surface area contributed by atoms with Crippen LogP contribution in [0.5, 0.6) is 0 Å². The van der Waals surface area contributed by atoms with Crippen molar-refractivity contribution in [2.75, 3.05) is 24.7 Å². The molecular formula is C37H31N3. The van der Waals surface area contributed by atoms with Crippen LogP contribution < -0.4 is 10.6 Å². The molecule has 0 aliphatic carbocycles. The number of hydrogen-bond acceptors (Lipinski definition) is 3. The molecule has 1 aromatic heterocycles. The van der Waals surface area contributed by atoms with Crippen molar-refractivity contribution in [3.63, 3.8) is 0 Å². The summed E-state index contributed by atoms with van der Waals surface area (Å²) in [6.07, 6.45) is 0. The summed E-state index contributed by atoms with van der Waals surface area (Å²) in [7, 11) is 3.90. The van der Waals surface area contributed by atoms with Gasteiger partial charge in [-0.25, -0.2) is 4.98 Å². The number of anilines is 2. The van der Waals surface area contributed by atoms with Crippen LogP contribution in [0.3, 0.4) is 0 Å². The minimum atomic E-state index is 0.921. The molecule has 0 aliphatic heterocycles. The van der Waals surface area contributed by atoms with Crippen molar-refractivity contribution in [3.05, 3.63) is 140 Å². The fraction of sp³-hybridized carbons (Fsp3) is 0.0541. The minimum absolute atomic E-state index is 0.921. The van der Waals surface area contributed by atoms with Gasteiger partial charge in [0.15, 0.2) is 0 Å². The summed E-state index contributed by atoms with van der Waals surface area (Å²) in [4.78, 5) is 5.18. The molecule has 0 saturated carbocycles. The van der Waals surface area contributed by atoms with E-state index >= 15 is 0 Å². The van der Waals surface area contributed by atoms with Crippen LogP contribution in [0.4, 0.5) is 11.4 Å². The van der Waals surface area contributed by atoms with Gasteiger partial charge in [-0.3, -0.25) is 0 Å². The van der Waals surface area contributed by atoms with Gasteiger partial charge in [-0.2, -0.15) is 0 Å². The average molecular weight is 518 g/mol. The van der Waals surface area contributed by atoms with Gasteiger partial charge in [0, 0.05) is 36.6 Å². The Morgan fingerprint density at radius 3 is 1.40 bits per heavy atom. The number of aromatic nitrogens is 1. The van der Waals surface area contributed by atoms with Crippen molar-refractivity contribution in [1.29, 1.82) is 0 Å². The molecule has 0 spiro atoms. The standard InChI is InChI=1S/C37H31N3/c1-38-33-18-19-35(39-2)34(25-33)37-24-32(23-36(40-37)28-16-10-5-11-17-28)31-21-29(26-12-6-3-7-13-26)20-30(22-31)27-14-8-4-9-15-27/h3-25,38-39H,1-2H3. The number of rotatable bonds is 7. The van der Waals surface area contributed by atoms with Crippen LogP contribution in [0.2, 0.25) is 0 Å². The van der Waals surface area contributed by atoms with Crippen LogP contribution in [0.1, 0.15) is 0 Å². The normalized spacial score (nSPS) is 10.8. The van der Waals surface area contributed by atoms with Gasteiger partial charge in [-0.15, -0.1) is 0 Å². The highest BCUT2D eigenvalue weighted by molar-refractivity contribution is 5.86. The molecule has 0 radical (unpaired) electrons. The van der Waals surface area contributed by atoms with Crippen LogP contribution in [0.25, 0.3) is 55.9 Å². The van der Waals surface area contributed by atoms with Gasteiger partial charge in [0.25, 0.3) is 0 Å². The summed E-state index contributed by atoms with van der Waals surface area (Å²) < 4.78 is 0. The van der Waals surface area contributed by atoms with Gasteiger partial charge in [0.1, 0.15) is 0 Å². The monoisotopic (exact) mass is 517 g/mol. The summed E-state index contributed by atoms with van der Waals surface area (Å²) in [5.74, 6) is 0. The highest BCUT2D eigenvalue weighted by Crippen LogP contribution is 2.38. The first-order chi connectivity index (χ1) is 19.7. The first-order valence-corrected chi connectivity index (χ1v) is 13.6. The van der Waals surface area contributed by atoms with Gasteiger partial charge in [0.2, 0.25) is 0 Å². The molecule has 0 aliphatic rings. The maximum atomic E-state index is 5.18. The van der Waals surface area contributed by atoms with E-state index < -0.39 is 0 Å². The van der Waals surface area contributed by atoms with Crippen LogP contribution in [-0.2, 0) is 0 Å². The zero-order chi connectivity index (χ0) is 27.3. The van der Waals surface area contributed by atoms with Gasteiger partial charge in [-0.1, -0.05) is 91.0 Å². The molecule has 40 heavy (non-hydrogen) atoms. The average Bonchev–Trinajstić information content (AvgIpc) is 3.05. The Hall–Kier alpha value is -5.15. The Bertz CT molecular complexity index is 1690. The quantitative estimate of drug-likeness (QED) is 0.221. The predicted octanol–water partition coefficient (Wildman–Crippen LogP) is 9.50. The van der Waals surface area contributed by atoms with E-state index in [-0.39, 0.29) is 0 Å². The fourth-order valence-electron chi connectivity index (χ4n) is 5.11. The van der Waals surface area contributed by atoms with E-state index in [0.29, 0.717) is 0 Å². The maximum absolute atomic E-state index is 5.18. The van der Waals surface area contributed by atoms with E-state index in [0.717, 1.165) is 45.0 Å². The zero-order valence-electron chi connectivity index (χ0n) is 22.7. The smallest absolute Gasteiger partial charge is 0.0737 e. The lowest BCUT2D eigenvalue weighted by Crippen LogP contribution is -1.98. The molecule has 2 N–H and O–H groups in total. The molecule has 194 valence electrons. The number of benzene rings is 5. The van der Waals surface area contributed by atoms with Crippen molar-refractivity contribution in [3.8, 4) is 55.9 Å². The van der Waals surface area contributed by atoms with Gasteiger partial charge in [0.05, 0.1) is 11.4 Å². The van der Waals surface area contributed by atoms with Crippen LogP contribution in [0, 0.1) is 0 Å². The second kappa shape index (κ2) is 11.3. The van der Waals surface area contributed by atoms with Crippen LogP contribution in [-0.4, -0.2) is 19.1 Å². The second-order valence-electron chi connectivity index (χ2n) is 9.78. The van der Waals surface area contributed by atoms with E-state index in [9.17, 15) is 0 Å². The lowest BCUT2D eigenvalue weighted by Gasteiger charge is -2.16. The molecule has 0 atom stereocenters. The highest BCUT2D eigenvalue weighted by Gasteiger charge is 2.14. The number of pyridine rings is 1. The van der Waals surface area contributed by atoms with Gasteiger partial charge < -0.3 is 10.6 Å². The molecular weight excluding hydrogens is 486 g/mol. The topological polar surface area (TPSA) is 37.0 Å². The fourth-order valence-corrected chi connectivity index (χ4v) is 5.11. The SMILES string of the molecule is CNc1ccc(NC)c(-c2cc(-c3cc(-c4ccccc4)cc(-c4ccccc4)c3)cc(-c3ccccc3)n2)c1.